The smallest absolute Gasteiger partial charge is 0.134 e. The van der Waals surface area contributed by atoms with Gasteiger partial charge in [0.05, 0.1) is 0 Å². The Morgan fingerprint density at radius 2 is 1.59 bits per heavy atom. The van der Waals surface area contributed by atoms with Crippen molar-refractivity contribution in [1.29, 1.82) is 0 Å². The Balaban J connectivity index is 3.81. The molecule has 2 heteroatoms. The first-order valence-electron chi connectivity index (χ1n) is 6.63. The number of thioether (sulfide) groups is 1. The van der Waals surface area contributed by atoms with E-state index in [4.69, 9.17) is 0 Å². The molecule has 0 aliphatic heterocycles. The standard InChI is InChI=1S/C15H30OS/c1-12(17-11-15(5,6)7)10-13(16)8-9-14(2,3)4/h12H,8-11H2,1-7H3. The van der Waals surface area contributed by atoms with E-state index in [-0.39, 0.29) is 5.41 Å². The van der Waals surface area contributed by atoms with Crippen LogP contribution in [0, 0.1) is 10.8 Å². The van der Waals surface area contributed by atoms with Gasteiger partial charge in [-0.15, -0.1) is 0 Å². The molecule has 1 atom stereocenters. The highest BCUT2D eigenvalue weighted by atomic mass is 32.2. The zero-order valence-corrected chi connectivity index (χ0v) is 13.5. The van der Waals surface area contributed by atoms with Crippen LogP contribution in [0.5, 0.6) is 0 Å². The van der Waals surface area contributed by atoms with Crippen molar-refractivity contribution in [2.24, 2.45) is 10.8 Å². The monoisotopic (exact) mass is 258 g/mol. The van der Waals surface area contributed by atoms with Crippen LogP contribution in [0.2, 0.25) is 0 Å². The van der Waals surface area contributed by atoms with Crippen molar-refractivity contribution < 1.29 is 4.79 Å². The van der Waals surface area contributed by atoms with Crippen LogP contribution in [0.3, 0.4) is 0 Å². The maximum atomic E-state index is 11.8. The fourth-order valence-corrected chi connectivity index (χ4v) is 2.48. The van der Waals surface area contributed by atoms with Gasteiger partial charge in [0.1, 0.15) is 5.78 Å². The molecule has 0 aliphatic rings. The van der Waals surface area contributed by atoms with Crippen molar-refractivity contribution in [2.45, 2.75) is 73.0 Å². The van der Waals surface area contributed by atoms with Crippen LogP contribution < -0.4 is 0 Å². The summed E-state index contributed by atoms with van der Waals surface area (Å²) in [6.45, 7) is 15.5. The van der Waals surface area contributed by atoms with Crippen LogP contribution in [0.1, 0.15) is 67.7 Å². The summed E-state index contributed by atoms with van der Waals surface area (Å²) in [5.41, 5.74) is 0.630. The van der Waals surface area contributed by atoms with Crippen LogP contribution >= 0.6 is 11.8 Å². The number of hydrogen-bond donors (Lipinski definition) is 0. The second-order valence-corrected chi connectivity index (χ2v) is 8.91. The fourth-order valence-electron chi connectivity index (χ4n) is 1.39. The van der Waals surface area contributed by atoms with Crippen molar-refractivity contribution in [1.82, 2.24) is 0 Å². The summed E-state index contributed by atoms with van der Waals surface area (Å²) in [6, 6.07) is 0. The number of rotatable bonds is 6. The summed E-state index contributed by atoms with van der Waals surface area (Å²) in [4.78, 5) is 11.8. The molecule has 0 saturated heterocycles. The molecule has 0 bridgehead atoms. The van der Waals surface area contributed by atoms with Gasteiger partial charge in [-0.25, -0.2) is 0 Å². The molecular formula is C15H30OS. The predicted molar refractivity (Wildman–Crippen MR) is 79.7 cm³/mol. The minimum absolute atomic E-state index is 0.275. The van der Waals surface area contributed by atoms with Crippen LogP contribution in [0.25, 0.3) is 0 Å². The summed E-state index contributed by atoms with van der Waals surface area (Å²) < 4.78 is 0. The van der Waals surface area contributed by atoms with E-state index in [2.05, 4.69) is 48.5 Å². The molecule has 17 heavy (non-hydrogen) atoms. The third-order valence-corrected chi connectivity index (χ3v) is 4.24. The molecule has 1 nitrogen and oxygen atoms in total. The molecule has 0 amide bonds. The van der Waals surface area contributed by atoms with E-state index in [0.29, 0.717) is 16.4 Å². The van der Waals surface area contributed by atoms with E-state index in [1.165, 1.54) is 0 Å². The van der Waals surface area contributed by atoms with E-state index in [9.17, 15) is 4.79 Å². The molecule has 0 heterocycles. The zero-order chi connectivity index (χ0) is 13.7. The van der Waals surface area contributed by atoms with Gasteiger partial charge in [0, 0.05) is 18.1 Å². The lowest BCUT2D eigenvalue weighted by Gasteiger charge is -2.21. The van der Waals surface area contributed by atoms with Crippen molar-refractivity contribution in [3.05, 3.63) is 0 Å². The molecule has 1 unspecified atom stereocenters. The fraction of sp³-hybridized carbons (Fsp3) is 0.933. The van der Waals surface area contributed by atoms with Crippen LogP contribution in [0.4, 0.5) is 0 Å². The first kappa shape index (κ1) is 17.0. The lowest BCUT2D eigenvalue weighted by molar-refractivity contribution is -0.119. The Bertz CT molecular complexity index is 232. The van der Waals surface area contributed by atoms with Gasteiger partial charge in [-0.2, -0.15) is 11.8 Å². The highest BCUT2D eigenvalue weighted by Crippen LogP contribution is 2.26. The molecule has 102 valence electrons. The quantitative estimate of drug-likeness (QED) is 0.671. The van der Waals surface area contributed by atoms with E-state index in [1.807, 2.05) is 11.8 Å². The summed E-state index contributed by atoms with van der Waals surface area (Å²) >= 11 is 1.92. The van der Waals surface area contributed by atoms with Crippen LogP contribution in [0.15, 0.2) is 0 Å². The first-order valence-corrected chi connectivity index (χ1v) is 7.68. The Labute approximate surface area is 112 Å². The van der Waals surface area contributed by atoms with E-state index >= 15 is 0 Å². The molecule has 0 aromatic carbocycles. The lowest BCUT2D eigenvalue weighted by atomic mass is 9.89. The van der Waals surface area contributed by atoms with Gasteiger partial charge in [0.15, 0.2) is 0 Å². The first-order chi connectivity index (χ1) is 7.49. The summed E-state index contributed by atoms with van der Waals surface area (Å²) in [6.07, 6.45) is 2.48. The highest BCUT2D eigenvalue weighted by Gasteiger charge is 2.17. The average molecular weight is 258 g/mol. The second-order valence-electron chi connectivity index (χ2n) is 7.49. The van der Waals surface area contributed by atoms with Gasteiger partial charge < -0.3 is 0 Å². The molecule has 0 rings (SSSR count). The molecule has 0 aromatic heterocycles. The minimum atomic E-state index is 0.275. The van der Waals surface area contributed by atoms with Gasteiger partial charge in [-0.05, 0) is 23.0 Å². The minimum Gasteiger partial charge on any atom is -0.300 e. The van der Waals surface area contributed by atoms with Crippen molar-refractivity contribution in [2.75, 3.05) is 5.75 Å². The van der Waals surface area contributed by atoms with Gasteiger partial charge in [-0.1, -0.05) is 48.5 Å². The second kappa shape index (κ2) is 6.82. The summed E-state index contributed by atoms with van der Waals surface area (Å²) in [7, 11) is 0. The van der Waals surface area contributed by atoms with E-state index < -0.39 is 0 Å². The van der Waals surface area contributed by atoms with Crippen molar-refractivity contribution >= 4 is 17.5 Å². The lowest BCUT2D eigenvalue weighted by Crippen LogP contribution is -2.15. The maximum Gasteiger partial charge on any atom is 0.134 e. The third-order valence-electron chi connectivity index (χ3n) is 2.47. The molecule has 0 spiro atoms. The van der Waals surface area contributed by atoms with E-state index in [0.717, 1.165) is 25.0 Å². The zero-order valence-electron chi connectivity index (χ0n) is 12.7. The predicted octanol–water partition coefficient (Wildman–Crippen LogP) is 4.94. The molecule has 0 aromatic rings. The Morgan fingerprint density at radius 1 is 1.06 bits per heavy atom. The van der Waals surface area contributed by atoms with E-state index in [1.54, 1.807) is 0 Å². The Morgan fingerprint density at radius 3 is 2.00 bits per heavy atom. The molecule has 0 aliphatic carbocycles. The average Bonchev–Trinajstić information content (AvgIpc) is 2.09. The molecular weight excluding hydrogens is 228 g/mol. The van der Waals surface area contributed by atoms with Gasteiger partial charge >= 0.3 is 0 Å². The molecule has 0 saturated carbocycles. The normalized spacial score (nSPS) is 14.8. The molecule has 0 radical (unpaired) electrons. The van der Waals surface area contributed by atoms with Crippen LogP contribution in [-0.4, -0.2) is 16.8 Å². The summed E-state index contributed by atoms with van der Waals surface area (Å²) in [5.74, 6) is 1.55. The summed E-state index contributed by atoms with van der Waals surface area (Å²) in [5, 5.41) is 0.460. The highest BCUT2D eigenvalue weighted by molar-refractivity contribution is 7.99. The Kier molecular flexibility index (Phi) is 6.83. The van der Waals surface area contributed by atoms with Crippen LogP contribution in [-0.2, 0) is 4.79 Å². The molecule has 0 fully saturated rings. The number of carbonyl (C=O) groups excluding carboxylic acids is 1. The topological polar surface area (TPSA) is 17.1 Å². The Hall–Kier alpha value is 0.0200. The van der Waals surface area contributed by atoms with Gasteiger partial charge in [0.2, 0.25) is 0 Å². The largest absolute Gasteiger partial charge is 0.300 e. The number of ketones is 1. The van der Waals surface area contributed by atoms with Crippen molar-refractivity contribution in [3.63, 3.8) is 0 Å². The number of hydrogen-bond acceptors (Lipinski definition) is 2. The SMILES string of the molecule is CC(CC(=O)CCC(C)(C)C)SCC(C)(C)C. The number of Topliss-reactive ketones (excluding diaryl/α,β-unsaturated/α-hetero) is 1. The molecule has 0 N–H and O–H groups in total. The van der Waals surface area contributed by atoms with Crippen molar-refractivity contribution in [3.8, 4) is 0 Å². The van der Waals surface area contributed by atoms with Gasteiger partial charge in [0.25, 0.3) is 0 Å². The van der Waals surface area contributed by atoms with Gasteiger partial charge in [-0.3, -0.25) is 4.79 Å². The third kappa shape index (κ3) is 12.3. The maximum absolute atomic E-state index is 11.8. The number of carbonyl (C=O) groups is 1.